The second kappa shape index (κ2) is 10.6. The molecule has 2 N–H and O–H groups in total. The van der Waals surface area contributed by atoms with Gasteiger partial charge in [0.2, 0.25) is 5.88 Å². The number of nitrogens with zero attached hydrogens (tertiary/aromatic N) is 1. The molecule has 0 aliphatic rings. The predicted molar refractivity (Wildman–Crippen MR) is 109 cm³/mol. The van der Waals surface area contributed by atoms with Gasteiger partial charge in [0.15, 0.2) is 12.4 Å². The van der Waals surface area contributed by atoms with Crippen LogP contribution in [-0.2, 0) is 9.53 Å². The number of hydrogen-bond acceptors (Lipinski definition) is 7. The Morgan fingerprint density at radius 3 is 2.73 bits per heavy atom. The summed E-state index contributed by atoms with van der Waals surface area (Å²) in [6.45, 7) is 0.477. The summed E-state index contributed by atoms with van der Waals surface area (Å²) in [5, 5.41) is 5.39. The number of anilines is 2. The van der Waals surface area contributed by atoms with Crippen LogP contribution in [0, 0.1) is 0 Å². The lowest BCUT2D eigenvalue weighted by Gasteiger charge is -2.12. The lowest BCUT2D eigenvalue weighted by Crippen LogP contribution is -2.21. The molecule has 0 bridgehead atoms. The van der Waals surface area contributed by atoms with E-state index in [1.165, 1.54) is 6.26 Å². The summed E-state index contributed by atoms with van der Waals surface area (Å²) in [6, 6.07) is 13.2. The molecule has 0 aliphatic carbocycles. The third kappa shape index (κ3) is 6.08. The summed E-state index contributed by atoms with van der Waals surface area (Å²) in [7, 11) is 1.57. The molecule has 0 atom stereocenters. The fourth-order valence-electron chi connectivity index (χ4n) is 2.42. The number of methoxy groups -OCH3 is 1. The van der Waals surface area contributed by atoms with Crippen LogP contribution >= 0.6 is 0 Å². The van der Waals surface area contributed by atoms with Crippen molar-refractivity contribution in [1.29, 1.82) is 0 Å². The van der Waals surface area contributed by atoms with Crippen LogP contribution in [-0.4, -0.2) is 43.7 Å². The fourth-order valence-corrected chi connectivity index (χ4v) is 2.42. The summed E-state index contributed by atoms with van der Waals surface area (Å²) in [6.07, 6.45) is 2.99. The van der Waals surface area contributed by atoms with E-state index in [1.54, 1.807) is 61.8 Å². The van der Waals surface area contributed by atoms with E-state index in [2.05, 4.69) is 15.6 Å². The molecule has 1 aromatic carbocycles. The van der Waals surface area contributed by atoms with E-state index >= 15 is 0 Å². The number of nitrogens with one attached hydrogen (secondary N) is 2. The van der Waals surface area contributed by atoms with Crippen LogP contribution in [0.2, 0.25) is 0 Å². The zero-order valence-electron chi connectivity index (χ0n) is 16.3. The normalized spacial score (nSPS) is 10.3. The molecule has 9 nitrogen and oxygen atoms in total. The first-order valence-electron chi connectivity index (χ1n) is 9.10. The Morgan fingerprint density at radius 1 is 1.03 bits per heavy atom. The van der Waals surface area contributed by atoms with Crippen molar-refractivity contribution in [2.45, 2.75) is 0 Å². The Labute approximate surface area is 173 Å². The number of benzene rings is 1. The van der Waals surface area contributed by atoms with E-state index in [1.807, 2.05) is 0 Å². The van der Waals surface area contributed by atoms with Crippen LogP contribution in [0.1, 0.15) is 10.6 Å². The zero-order valence-corrected chi connectivity index (χ0v) is 16.3. The second-order valence-electron chi connectivity index (χ2n) is 5.99. The maximum Gasteiger partial charge on any atom is 0.291 e. The Kier molecular flexibility index (Phi) is 7.39. The Balaban J connectivity index is 1.53. The smallest absolute Gasteiger partial charge is 0.291 e. The number of furan rings is 1. The highest BCUT2D eigenvalue weighted by Gasteiger charge is 2.11. The molecule has 0 saturated carbocycles. The standard InChI is InChI=1S/C21H21N3O6/c1-27-11-12-29-21-17(7-3-9-22-21)24-19(25)14-30-16-6-2-5-15(13-16)23-20(26)18-8-4-10-28-18/h2-10,13H,11-12,14H2,1H3,(H,23,26)(H,24,25). The van der Waals surface area contributed by atoms with Gasteiger partial charge in [-0.2, -0.15) is 0 Å². The third-order valence-corrected chi connectivity index (χ3v) is 3.78. The average molecular weight is 411 g/mol. The Bertz CT molecular complexity index is 974. The van der Waals surface area contributed by atoms with Crippen molar-refractivity contribution in [2.75, 3.05) is 37.6 Å². The number of pyridine rings is 1. The van der Waals surface area contributed by atoms with Gasteiger partial charge >= 0.3 is 0 Å². The molecule has 9 heteroatoms. The van der Waals surface area contributed by atoms with Gasteiger partial charge in [-0.05, 0) is 36.4 Å². The third-order valence-electron chi connectivity index (χ3n) is 3.78. The van der Waals surface area contributed by atoms with Crippen molar-refractivity contribution in [3.63, 3.8) is 0 Å². The first kappa shape index (κ1) is 20.9. The van der Waals surface area contributed by atoms with Gasteiger partial charge in [0.1, 0.15) is 18.0 Å². The van der Waals surface area contributed by atoms with Crippen molar-refractivity contribution < 1.29 is 28.2 Å². The van der Waals surface area contributed by atoms with Gasteiger partial charge in [-0.15, -0.1) is 0 Å². The summed E-state index contributed by atoms with van der Waals surface area (Å²) in [5.74, 6) is 0.147. The first-order valence-corrected chi connectivity index (χ1v) is 9.10. The monoisotopic (exact) mass is 411 g/mol. The van der Waals surface area contributed by atoms with Gasteiger partial charge in [0, 0.05) is 25.1 Å². The lowest BCUT2D eigenvalue weighted by atomic mass is 10.3. The predicted octanol–water partition coefficient (Wildman–Crippen LogP) is 2.97. The van der Waals surface area contributed by atoms with Crippen LogP contribution in [0.25, 0.3) is 0 Å². The van der Waals surface area contributed by atoms with Gasteiger partial charge < -0.3 is 29.3 Å². The molecule has 2 amide bonds. The molecule has 156 valence electrons. The Hall–Kier alpha value is -3.85. The minimum absolute atomic E-state index is 0.195. The number of carbonyl (C=O) groups excluding carboxylic acids is 2. The van der Waals surface area contributed by atoms with Gasteiger partial charge in [0.05, 0.1) is 12.9 Å². The SMILES string of the molecule is COCCOc1ncccc1NC(=O)COc1cccc(NC(=O)c2ccco2)c1. The molecule has 2 aromatic heterocycles. The number of rotatable bonds is 10. The largest absolute Gasteiger partial charge is 0.484 e. The molecule has 0 spiro atoms. The average Bonchev–Trinajstić information content (AvgIpc) is 3.29. The van der Waals surface area contributed by atoms with Crippen LogP contribution in [0.4, 0.5) is 11.4 Å². The molecule has 2 heterocycles. The van der Waals surface area contributed by atoms with Crippen molar-refractivity contribution >= 4 is 23.2 Å². The van der Waals surface area contributed by atoms with E-state index in [0.717, 1.165) is 0 Å². The number of aromatic nitrogens is 1. The number of amides is 2. The van der Waals surface area contributed by atoms with E-state index < -0.39 is 0 Å². The molecule has 0 aliphatic heterocycles. The van der Waals surface area contributed by atoms with Gasteiger partial charge in [-0.25, -0.2) is 4.98 Å². The topological polar surface area (TPSA) is 112 Å². The fraction of sp³-hybridized carbons (Fsp3) is 0.190. The summed E-state index contributed by atoms with van der Waals surface area (Å²) >= 11 is 0. The van der Waals surface area contributed by atoms with Crippen LogP contribution in [0.15, 0.2) is 65.4 Å². The molecular weight excluding hydrogens is 390 g/mol. The quantitative estimate of drug-likeness (QED) is 0.493. The zero-order chi connectivity index (χ0) is 21.2. The van der Waals surface area contributed by atoms with E-state index in [-0.39, 0.29) is 24.2 Å². The molecule has 3 rings (SSSR count). The maximum atomic E-state index is 12.3. The van der Waals surface area contributed by atoms with E-state index in [0.29, 0.717) is 36.2 Å². The van der Waals surface area contributed by atoms with Crippen LogP contribution in [0.3, 0.4) is 0 Å². The minimum Gasteiger partial charge on any atom is -0.484 e. The van der Waals surface area contributed by atoms with E-state index in [9.17, 15) is 9.59 Å². The maximum absolute atomic E-state index is 12.3. The molecular formula is C21H21N3O6. The summed E-state index contributed by atoms with van der Waals surface area (Å²) in [4.78, 5) is 28.4. The highest BCUT2D eigenvalue weighted by Crippen LogP contribution is 2.21. The Morgan fingerprint density at radius 2 is 1.93 bits per heavy atom. The molecule has 0 radical (unpaired) electrons. The number of carbonyl (C=O) groups is 2. The van der Waals surface area contributed by atoms with Crippen molar-refractivity contribution in [1.82, 2.24) is 4.98 Å². The van der Waals surface area contributed by atoms with Crippen molar-refractivity contribution in [3.8, 4) is 11.6 Å². The number of ether oxygens (including phenoxy) is 3. The van der Waals surface area contributed by atoms with Crippen LogP contribution in [0.5, 0.6) is 11.6 Å². The number of hydrogen-bond donors (Lipinski definition) is 2. The molecule has 0 unspecified atom stereocenters. The molecule has 0 saturated heterocycles. The highest BCUT2D eigenvalue weighted by atomic mass is 16.5. The van der Waals surface area contributed by atoms with E-state index in [4.69, 9.17) is 18.6 Å². The van der Waals surface area contributed by atoms with Gasteiger partial charge in [-0.3, -0.25) is 9.59 Å². The van der Waals surface area contributed by atoms with Crippen molar-refractivity contribution in [3.05, 3.63) is 66.8 Å². The summed E-state index contributed by atoms with van der Waals surface area (Å²) < 4.78 is 21.0. The first-order chi connectivity index (χ1) is 14.7. The summed E-state index contributed by atoms with van der Waals surface area (Å²) in [5.41, 5.74) is 0.942. The van der Waals surface area contributed by atoms with Crippen LogP contribution < -0.4 is 20.1 Å². The molecule has 3 aromatic rings. The minimum atomic E-state index is -0.385. The van der Waals surface area contributed by atoms with Crippen molar-refractivity contribution in [2.24, 2.45) is 0 Å². The lowest BCUT2D eigenvalue weighted by molar-refractivity contribution is -0.118. The van der Waals surface area contributed by atoms with Gasteiger partial charge in [0.25, 0.3) is 11.8 Å². The molecule has 0 fully saturated rings. The molecule has 30 heavy (non-hydrogen) atoms. The second-order valence-corrected chi connectivity index (χ2v) is 5.99. The van der Waals surface area contributed by atoms with Gasteiger partial charge in [-0.1, -0.05) is 6.07 Å². The highest BCUT2D eigenvalue weighted by molar-refractivity contribution is 6.02.